The summed E-state index contributed by atoms with van der Waals surface area (Å²) in [6, 6.07) is 14.8. The average molecular weight is 365 g/mol. The molecule has 0 saturated heterocycles. The SMILES string of the molecule is CC(=O)c1ccc2c(c1)c1cc(-c3ccc(Cl)cc3)c(=O)n(C)c1n2C. The molecule has 4 rings (SSSR count). The molecule has 26 heavy (non-hydrogen) atoms. The lowest BCUT2D eigenvalue weighted by molar-refractivity contribution is 0.101. The number of rotatable bonds is 2. The highest BCUT2D eigenvalue weighted by Gasteiger charge is 2.16. The zero-order valence-corrected chi connectivity index (χ0v) is 15.5. The van der Waals surface area contributed by atoms with Gasteiger partial charge in [-0.1, -0.05) is 23.7 Å². The molecular weight excluding hydrogens is 348 g/mol. The summed E-state index contributed by atoms with van der Waals surface area (Å²) in [6.07, 6.45) is 0. The van der Waals surface area contributed by atoms with Crippen molar-refractivity contribution in [3.63, 3.8) is 0 Å². The van der Waals surface area contributed by atoms with E-state index in [1.165, 1.54) is 0 Å². The van der Waals surface area contributed by atoms with Gasteiger partial charge in [0.05, 0.1) is 5.52 Å². The van der Waals surface area contributed by atoms with Crippen molar-refractivity contribution in [2.24, 2.45) is 14.1 Å². The lowest BCUT2D eigenvalue weighted by Gasteiger charge is -2.08. The Morgan fingerprint density at radius 3 is 2.27 bits per heavy atom. The fraction of sp³-hybridized carbons (Fsp3) is 0.143. The van der Waals surface area contributed by atoms with Gasteiger partial charge < -0.3 is 4.57 Å². The van der Waals surface area contributed by atoms with E-state index in [0.717, 1.165) is 27.5 Å². The molecule has 0 saturated carbocycles. The fourth-order valence-electron chi connectivity index (χ4n) is 3.55. The van der Waals surface area contributed by atoms with Crippen molar-refractivity contribution in [3.8, 4) is 11.1 Å². The molecule has 0 fully saturated rings. The largest absolute Gasteiger partial charge is 0.330 e. The smallest absolute Gasteiger partial charge is 0.259 e. The number of carbonyl (C=O) groups excluding carboxylic acids is 1. The van der Waals surface area contributed by atoms with Crippen LogP contribution in [0.5, 0.6) is 0 Å². The van der Waals surface area contributed by atoms with Gasteiger partial charge in [0.1, 0.15) is 5.65 Å². The molecule has 0 radical (unpaired) electrons. The molecule has 0 aliphatic rings. The fourth-order valence-corrected chi connectivity index (χ4v) is 3.67. The third-order valence-corrected chi connectivity index (χ3v) is 5.16. The van der Waals surface area contributed by atoms with E-state index in [2.05, 4.69) is 0 Å². The van der Waals surface area contributed by atoms with Gasteiger partial charge in [-0.15, -0.1) is 0 Å². The minimum absolute atomic E-state index is 0.0200. The van der Waals surface area contributed by atoms with Crippen LogP contribution >= 0.6 is 11.6 Å². The second kappa shape index (κ2) is 5.85. The molecule has 5 heteroatoms. The molecule has 0 aliphatic heterocycles. The average Bonchev–Trinajstić information content (AvgIpc) is 2.91. The van der Waals surface area contributed by atoms with Crippen molar-refractivity contribution < 1.29 is 4.79 Å². The third kappa shape index (κ3) is 2.37. The zero-order valence-electron chi connectivity index (χ0n) is 14.7. The Hall–Kier alpha value is -2.85. The van der Waals surface area contributed by atoms with Gasteiger partial charge in [0, 0.05) is 41.0 Å². The van der Waals surface area contributed by atoms with E-state index >= 15 is 0 Å². The monoisotopic (exact) mass is 364 g/mol. The van der Waals surface area contributed by atoms with Crippen molar-refractivity contribution in [2.45, 2.75) is 6.92 Å². The number of Topliss-reactive ketones (excluding diaryl/α,β-unsaturated/α-hetero) is 1. The quantitative estimate of drug-likeness (QED) is 0.490. The van der Waals surface area contributed by atoms with Crippen LogP contribution in [0.25, 0.3) is 33.1 Å². The summed E-state index contributed by atoms with van der Waals surface area (Å²) in [7, 11) is 3.70. The maximum Gasteiger partial charge on any atom is 0.259 e. The molecule has 130 valence electrons. The summed E-state index contributed by atoms with van der Waals surface area (Å²) < 4.78 is 3.65. The second-order valence-corrected chi connectivity index (χ2v) is 6.95. The summed E-state index contributed by atoms with van der Waals surface area (Å²) in [5.74, 6) is 0.0200. The van der Waals surface area contributed by atoms with Gasteiger partial charge in [-0.3, -0.25) is 14.2 Å². The van der Waals surface area contributed by atoms with Crippen LogP contribution in [0.3, 0.4) is 0 Å². The highest BCUT2D eigenvalue weighted by molar-refractivity contribution is 6.30. The van der Waals surface area contributed by atoms with E-state index in [9.17, 15) is 9.59 Å². The molecule has 2 aromatic carbocycles. The number of hydrogen-bond acceptors (Lipinski definition) is 2. The van der Waals surface area contributed by atoms with Gasteiger partial charge in [-0.05, 0) is 48.9 Å². The normalized spacial score (nSPS) is 11.4. The highest BCUT2D eigenvalue weighted by Crippen LogP contribution is 2.31. The standard InChI is InChI=1S/C21H17ClN2O2/c1-12(25)14-6-9-19-17(10-14)18-11-16(13-4-7-15(22)8-5-13)21(26)24(3)20(18)23(19)2/h4-11H,1-3H3. The topological polar surface area (TPSA) is 44.0 Å². The van der Waals surface area contributed by atoms with Gasteiger partial charge in [0.15, 0.2) is 5.78 Å². The lowest BCUT2D eigenvalue weighted by Crippen LogP contribution is -2.20. The Bertz CT molecular complexity index is 1250. The first-order chi connectivity index (χ1) is 12.4. The van der Waals surface area contributed by atoms with Crippen molar-refractivity contribution in [1.29, 1.82) is 0 Å². The number of nitrogens with zero attached hydrogens (tertiary/aromatic N) is 2. The van der Waals surface area contributed by atoms with Gasteiger partial charge in [-0.2, -0.15) is 0 Å². The molecule has 2 heterocycles. The molecule has 0 bridgehead atoms. The number of hydrogen-bond donors (Lipinski definition) is 0. The van der Waals surface area contributed by atoms with E-state index in [4.69, 9.17) is 11.6 Å². The van der Waals surface area contributed by atoms with Crippen LogP contribution in [0.1, 0.15) is 17.3 Å². The van der Waals surface area contributed by atoms with Gasteiger partial charge >= 0.3 is 0 Å². The molecule has 0 unspecified atom stereocenters. The van der Waals surface area contributed by atoms with Crippen LogP contribution in [-0.4, -0.2) is 14.9 Å². The second-order valence-electron chi connectivity index (χ2n) is 6.51. The predicted molar refractivity (Wildman–Crippen MR) is 106 cm³/mol. The summed E-state index contributed by atoms with van der Waals surface area (Å²) in [5, 5.41) is 2.53. The lowest BCUT2D eigenvalue weighted by atomic mass is 10.0. The summed E-state index contributed by atoms with van der Waals surface area (Å²) in [5.41, 5.74) is 3.81. The Balaban J connectivity index is 2.13. The van der Waals surface area contributed by atoms with E-state index in [1.54, 1.807) is 30.7 Å². The number of halogens is 1. The number of aryl methyl sites for hydroxylation is 2. The van der Waals surface area contributed by atoms with Crippen molar-refractivity contribution in [2.75, 3.05) is 0 Å². The van der Waals surface area contributed by atoms with Crippen LogP contribution in [0.4, 0.5) is 0 Å². The first-order valence-electron chi connectivity index (χ1n) is 8.27. The number of aromatic nitrogens is 2. The summed E-state index contributed by atoms with van der Waals surface area (Å²) in [6.45, 7) is 1.56. The van der Waals surface area contributed by atoms with Crippen LogP contribution in [0.15, 0.2) is 53.3 Å². The van der Waals surface area contributed by atoms with Crippen molar-refractivity contribution >= 4 is 39.3 Å². The number of carbonyl (C=O) groups is 1. The molecule has 4 nitrogen and oxygen atoms in total. The number of ketones is 1. The molecule has 0 aliphatic carbocycles. The first kappa shape index (κ1) is 16.6. The number of benzene rings is 2. The number of pyridine rings is 1. The Labute approximate surface area is 155 Å². The predicted octanol–water partition coefficient (Wildman–Crippen LogP) is 4.55. The van der Waals surface area contributed by atoms with Crippen LogP contribution in [-0.2, 0) is 14.1 Å². The Kier molecular flexibility index (Phi) is 3.74. The van der Waals surface area contributed by atoms with Gasteiger partial charge in [0.25, 0.3) is 5.56 Å². The summed E-state index contributed by atoms with van der Waals surface area (Å²) in [4.78, 5) is 24.7. The molecule has 2 aromatic heterocycles. The zero-order chi connectivity index (χ0) is 18.6. The molecule has 4 aromatic rings. The van der Waals surface area contributed by atoms with E-state index < -0.39 is 0 Å². The van der Waals surface area contributed by atoms with Crippen molar-refractivity contribution in [3.05, 3.63) is 69.5 Å². The first-order valence-corrected chi connectivity index (χ1v) is 8.65. The Morgan fingerprint density at radius 1 is 0.923 bits per heavy atom. The Morgan fingerprint density at radius 2 is 1.62 bits per heavy atom. The molecule has 0 atom stereocenters. The maximum absolute atomic E-state index is 12.9. The van der Waals surface area contributed by atoms with Gasteiger partial charge in [-0.25, -0.2) is 0 Å². The maximum atomic E-state index is 12.9. The van der Waals surface area contributed by atoms with E-state index in [0.29, 0.717) is 16.1 Å². The van der Waals surface area contributed by atoms with Crippen LogP contribution in [0.2, 0.25) is 5.02 Å². The van der Waals surface area contributed by atoms with E-state index in [-0.39, 0.29) is 11.3 Å². The van der Waals surface area contributed by atoms with Crippen LogP contribution < -0.4 is 5.56 Å². The van der Waals surface area contributed by atoms with Crippen LogP contribution in [0, 0.1) is 0 Å². The highest BCUT2D eigenvalue weighted by atomic mass is 35.5. The molecule has 0 amide bonds. The molecular formula is C21H17ClN2O2. The van der Waals surface area contributed by atoms with Gasteiger partial charge in [0.2, 0.25) is 0 Å². The van der Waals surface area contributed by atoms with E-state index in [1.807, 2.05) is 48.0 Å². The molecule has 0 spiro atoms. The van der Waals surface area contributed by atoms with Crippen molar-refractivity contribution in [1.82, 2.24) is 9.13 Å². The number of fused-ring (bicyclic) bond motifs is 3. The minimum Gasteiger partial charge on any atom is -0.330 e. The summed E-state index contributed by atoms with van der Waals surface area (Å²) >= 11 is 5.98. The molecule has 0 N–H and O–H groups in total. The third-order valence-electron chi connectivity index (χ3n) is 4.91. The minimum atomic E-state index is -0.0717.